The van der Waals surface area contributed by atoms with Gasteiger partial charge in [-0.1, -0.05) is 27.7 Å². The van der Waals surface area contributed by atoms with Crippen molar-refractivity contribution in [3.05, 3.63) is 34.2 Å². The normalized spacial score (nSPS) is 13.2. The average molecular weight is 236 g/mol. The molecule has 0 bridgehead atoms. The Bertz CT molecular complexity index is 443. The zero-order valence-electron chi connectivity index (χ0n) is 10.8. The SMILES string of the molecule is CC(CNC(=O)c1cc[nH]c(=O)c1)C(C)(C)C. The molecule has 1 atom stereocenters. The lowest BCUT2D eigenvalue weighted by molar-refractivity contribution is 0.0937. The summed E-state index contributed by atoms with van der Waals surface area (Å²) in [6.45, 7) is 9.11. The van der Waals surface area contributed by atoms with E-state index in [1.54, 1.807) is 6.07 Å². The highest BCUT2D eigenvalue weighted by atomic mass is 16.2. The summed E-state index contributed by atoms with van der Waals surface area (Å²) in [6.07, 6.45) is 1.48. The van der Waals surface area contributed by atoms with Crippen LogP contribution in [0.2, 0.25) is 0 Å². The van der Waals surface area contributed by atoms with Crippen molar-refractivity contribution >= 4 is 5.91 Å². The first kappa shape index (κ1) is 13.5. The van der Waals surface area contributed by atoms with Crippen molar-refractivity contribution in [1.82, 2.24) is 10.3 Å². The van der Waals surface area contributed by atoms with Crippen LogP contribution in [0, 0.1) is 11.3 Å². The number of carbonyl (C=O) groups is 1. The minimum absolute atomic E-state index is 0.154. The standard InChI is InChI=1S/C13H20N2O2/c1-9(13(2,3)4)8-15-12(17)10-5-6-14-11(16)7-10/h5-7,9H,8H2,1-4H3,(H,14,16)(H,15,17). The highest BCUT2D eigenvalue weighted by Gasteiger charge is 2.20. The van der Waals surface area contributed by atoms with Crippen LogP contribution in [-0.4, -0.2) is 17.4 Å². The molecule has 1 heterocycles. The predicted octanol–water partition coefficient (Wildman–Crippen LogP) is 1.79. The van der Waals surface area contributed by atoms with Crippen LogP contribution in [0.4, 0.5) is 0 Å². The molecule has 1 aromatic heterocycles. The van der Waals surface area contributed by atoms with E-state index < -0.39 is 0 Å². The van der Waals surface area contributed by atoms with Crippen LogP contribution in [0.5, 0.6) is 0 Å². The first-order valence-corrected chi connectivity index (χ1v) is 5.77. The van der Waals surface area contributed by atoms with Crippen LogP contribution < -0.4 is 10.9 Å². The second kappa shape index (κ2) is 5.17. The lowest BCUT2D eigenvalue weighted by atomic mass is 9.82. The average Bonchev–Trinajstić information content (AvgIpc) is 2.24. The largest absolute Gasteiger partial charge is 0.352 e. The summed E-state index contributed by atoms with van der Waals surface area (Å²) in [4.78, 5) is 25.3. The first-order chi connectivity index (χ1) is 7.80. The number of aromatic amines is 1. The molecule has 2 N–H and O–H groups in total. The van der Waals surface area contributed by atoms with E-state index in [0.717, 1.165) is 0 Å². The smallest absolute Gasteiger partial charge is 0.251 e. The number of amides is 1. The summed E-state index contributed by atoms with van der Waals surface area (Å²) in [6, 6.07) is 2.90. The van der Waals surface area contributed by atoms with E-state index in [1.807, 2.05) is 0 Å². The van der Waals surface area contributed by atoms with Crippen LogP contribution in [-0.2, 0) is 0 Å². The van der Waals surface area contributed by atoms with Crippen molar-refractivity contribution in [2.45, 2.75) is 27.7 Å². The van der Waals surface area contributed by atoms with Gasteiger partial charge < -0.3 is 10.3 Å². The fourth-order valence-corrected chi connectivity index (χ4v) is 1.24. The molecule has 0 aliphatic heterocycles. The number of nitrogens with one attached hydrogen (secondary N) is 2. The van der Waals surface area contributed by atoms with E-state index in [0.29, 0.717) is 18.0 Å². The lowest BCUT2D eigenvalue weighted by Crippen LogP contribution is -2.34. The number of rotatable bonds is 3. The third-order valence-corrected chi connectivity index (χ3v) is 3.08. The van der Waals surface area contributed by atoms with Gasteiger partial charge in [0.15, 0.2) is 0 Å². The Kier molecular flexibility index (Phi) is 4.10. The number of carbonyl (C=O) groups excluding carboxylic acids is 1. The van der Waals surface area contributed by atoms with Crippen molar-refractivity contribution < 1.29 is 4.79 Å². The molecule has 0 aliphatic carbocycles. The zero-order valence-corrected chi connectivity index (χ0v) is 10.8. The van der Waals surface area contributed by atoms with Crippen molar-refractivity contribution in [3.63, 3.8) is 0 Å². The molecule has 0 saturated carbocycles. The summed E-state index contributed by atoms with van der Waals surface area (Å²) in [5.41, 5.74) is 0.290. The van der Waals surface area contributed by atoms with Crippen LogP contribution in [0.15, 0.2) is 23.1 Å². The molecule has 0 spiro atoms. The van der Waals surface area contributed by atoms with Crippen LogP contribution in [0.25, 0.3) is 0 Å². The molecule has 17 heavy (non-hydrogen) atoms. The maximum absolute atomic E-state index is 11.8. The molecular formula is C13H20N2O2. The Morgan fingerprint density at radius 3 is 2.65 bits per heavy atom. The summed E-state index contributed by atoms with van der Waals surface area (Å²) in [7, 11) is 0. The lowest BCUT2D eigenvalue weighted by Gasteiger charge is -2.27. The molecule has 0 aliphatic rings. The molecule has 4 nitrogen and oxygen atoms in total. The Balaban J connectivity index is 2.60. The molecule has 1 rings (SSSR count). The van der Waals surface area contributed by atoms with E-state index in [2.05, 4.69) is 38.0 Å². The molecule has 4 heteroatoms. The van der Waals surface area contributed by atoms with Gasteiger partial charge in [-0.3, -0.25) is 9.59 Å². The van der Waals surface area contributed by atoms with Gasteiger partial charge in [0.05, 0.1) is 0 Å². The second-order valence-electron chi connectivity index (χ2n) is 5.42. The van der Waals surface area contributed by atoms with Crippen molar-refractivity contribution in [2.75, 3.05) is 6.54 Å². The maximum atomic E-state index is 11.8. The molecule has 1 aromatic rings. The summed E-state index contributed by atoms with van der Waals surface area (Å²) in [5, 5.41) is 2.84. The second-order valence-corrected chi connectivity index (χ2v) is 5.42. The summed E-state index contributed by atoms with van der Waals surface area (Å²) < 4.78 is 0. The fraction of sp³-hybridized carbons (Fsp3) is 0.538. The molecule has 94 valence electrons. The third-order valence-electron chi connectivity index (χ3n) is 3.08. The minimum atomic E-state index is -0.262. The van der Waals surface area contributed by atoms with Gasteiger partial charge in [0.25, 0.3) is 5.91 Å². The number of hydrogen-bond donors (Lipinski definition) is 2. The maximum Gasteiger partial charge on any atom is 0.251 e. The highest BCUT2D eigenvalue weighted by Crippen LogP contribution is 2.24. The number of aromatic nitrogens is 1. The first-order valence-electron chi connectivity index (χ1n) is 5.77. The Morgan fingerprint density at radius 2 is 2.12 bits per heavy atom. The molecule has 0 saturated heterocycles. The highest BCUT2D eigenvalue weighted by molar-refractivity contribution is 5.93. The van der Waals surface area contributed by atoms with Crippen molar-refractivity contribution in [3.8, 4) is 0 Å². The van der Waals surface area contributed by atoms with E-state index in [9.17, 15) is 9.59 Å². The van der Waals surface area contributed by atoms with Gasteiger partial charge in [0, 0.05) is 24.4 Å². The molecule has 0 radical (unpaired) electrons. The molecule has 0 fully saturated rings. The Morgan fingerprint density at radius 1 is 1.47 bits per heavy atom. The predicted molar refractivity (Wildman–Crippen MR) is 68.0 cm³/mol. The van der Waals surface area contributed by atoms with Gasteiger partial charge in [-0.15, -0.1) is 0 Å². The number of pyridine rings is 1. The van der Waals surface area contributed by atoms with Crippen molar-refractivity contribution in [1.29, 1.82) is 0 Å². The molecule has 0 aromatic carbocycles. The van der Waals surface area contributed by atoms with E-state index in [1.165, 1.54) is 12.3 Å². The van der Waals surface area contributed by atoms with Gasteiger partial charge >= 0.3 is 0 Å². The summed E-state index contributed by atoms with van der Waals surface area (Å²) >= 11 is 0. The van der Waals surface area contributed by atoms with Gasteiger partial charge in [0.2, 0.25) is 5.56 Å². The fourth-order valence-electron chi connectivity index (χ4n) is 1.24. The Hall–Kier alpha value is -1.58. The van der Waals surface area contributed by atoms with Crippen LogP contribution in [0.3, 0.4) is 0 Å². The van der Waals surface area contributed by atoms with Gasteiger partial charge in [-0.2, -0.15) is 0 Å². The van der Waals surface area contributed by atoms with E-state index in [-0.39, 0.29) is 16.9 Å². The van der Waals surface area contributed by atoms with E-state index in [4.69, 9.17) is 0 Å². The van der Waals surface area contributed by atoms with Gasteiger partial charge in [-0.05, 0) is 17.4 Å². The third kappa shape index (κ3) is 4.06. The Labute approximate surface area is 101 Å². The van der Waals surface area contributed by atoms with Crippen LogP contribution in [0.1, 0.15) is 38.1 Å². The molecule has 1 amide bonds. The number of hydrogen-bond acceptors (Lipinski definition) is 2. The van der Waals surface area contributed by atoms with Gasteiger partial charge in [-0.25, -0.2) is 0 Å². The molecule has 1 unspecified atom stereocenters. The van der Waals surface area contributed by atoms with Gasteiger partial charge in [0.1, 0.15) is 0 Å². The number of H-pyrrole nitrogens is 1. The molecular weight excluding hydrogens is 216 g/mol. The van der Waals surface area contributed by atoms with Crippen LogP contribution >= 0.6 is 0 Å². The minimum Gasteiger partial charge on any atom is -0.352 e. The monoisotopic (exact) mass is 236 g/mol. The van der Waals surface area contributed by atoms with Crippen molar-refractivity contribution in [2.24, 2.45) is 11.3 Å². The topological polar surface area (TPSA) is 62.0 Å². The summed E-state index contributed by atoms with van der Waals surface area (Å²) in [5.74, 6) is 0.167. The van der Waals surface area contributed by atoms with E-state index >= 15 is 0 Å². The quantitative estimate of drug-likeness (QED) is 0.840. The zero-order chi connectivity index (χ0) is 13.1.